The van der Waals surface area contributed by atoms with Crippen LogP contribution in [0.15, 0.2) is 108 Å². The standard InChI is InChI=1S/C36H36BN3/c1-24-22-25-6-5-9-32(23-25)36(24,31-18-20-33(37)21-19-31)30-16-14-27(15-17-30)26-10-12-29(13-11-26)35(39)40-34(38)28-7-3-2-4-8-28/h2-4,7-8,10-21,24-25,32H,5-6,9,22-23H2,1H3,(H3,38,39,40). The molecule has 2 aliphatic carbocycles. The quantitative estimate of drug-likeness (QED) is 0.166. The topological polar surface area (TPSA) is 62.2 Å². The fraction of sp³-hybridized carbons (Fsp3) is 0.278. The van der Waals surface area contributed by atoms with E-state index in [9.17, 15) is 0 Å². The third-order valence-electron chi connectivity index (χ3n) is 9.44. The van der Waals surface area contributed by atoms with E-state index in [1.165, 1.54) is 48.8 Å². The lowest BCUT2D eigenvalue weighted by molar-refractivity contribution is 0.0642. The van der Waals surface area contributed by atoms with Gasteiger partial charge in [0.1, 0.15) is 13.7 Å². The molecule has 4 unspecified atom stereocenters. The monoisotopic (exact) mass is 521 g/mol. The third kappa shape index (κ3) is 4.81. The predicted octanol–water partition coefficient (Wildman–Crippen LogP) is 7.01. The summed E-state index contributed by atoms with van der Waals surface area (Å²) in [7, 11) is 6.11. The molecule has 2 aliphatic rings. The van der Waals surface area contributed by atoms with Gasteiger partial charge < -0.3 is 5.73 Å². The molecule has 4 aromatic rings. The number of aliphatic imine (C=N–C) groups is 1. The van der Waals surface area contributed by atoms with Crippen molar-refractivity contribution < 1.29 is 0 Å². The molecule has 40 heavy (non-hydrogen) atoms. The highest BCUT2D eigenvalue weighted by molar-refractivity contribution is 6.32. The highest BCUT2D eigenvalue weighted by Gasteiger charge is 2.51. The van der Waals surface area contributed by atoms with Crippen molar-refractivity contribution >= 4 is 25.0 Å². The van der Waals surface area contributed by atoms with Gasteiger partial charge in [0.05, 0.1) is 0 Å². The summed E-state index contributed by atoms with van der Waals surface area (Å²) >= 11 is 0. The normalized spacial score (nSPS) is 24.4. The van der Waals surface area contributed by atoms with Crippen molar-refractivity contribution in [2.24, 2.45) is 28.5 Å². The second-order valence-corrected chi connectivity index (χ2v) is 11.7. The zero-order valence-electron chi connectivity index (χ0n) is 23.2. The summed E-state index contributed by atoms with van der Waals surface area (Å²) in [6, 6.07) is 35.6. The third-order valence-corrected chi connectivity index (χ3v) is 9.44. The Morgan fingerprint density at radius 2 is 1.38 bits per heavy atom. The number of benzene rings is 4. The minimum Gasteiger partial charge on any atom is -0.383 e. The van der Waals surface area contributed by atoms with E-state index in [2.05, 4.69) is 72.6 Å². The Kier molecular flexibility index (Phi) is 7.19. The first-order chi connectivity index (χ1) is 19.4. The zero-order chi connectivity index (χ0) is 27.7. The lowest BCUT2D eigenvalue weighted by Gasteiger charge is -2.54. The van der Waals surface area contributed by atoms with Gasteiger partial charge in [-0.2, -0.15) is 0 Å². The number of nitrogens with zero attached hydrogens (tertiary/aromatic N) is 1. The van der Waals surface area contributed by atoms with E-state index >= 15 is 0 Å². The number of rotatable bonds is 5. The van der Waals surface area contributed by atoms with E-state index in [1.807, 2.05) is 42.5 Å². The summed E-state index contributed by atoms with van der Waals surface area (Å²) in [6.07, 6.45) is 6.62. The molecule has 0 aliphatic heterocycles. The van der Waals surface area contributed by atoms with Crippen molar-refractivity contribution in [1.29, 1.82) is 5.41 Å². The summed E-state index contributed by atoms with van der Waals surface area (Å²) < 4.78 is 0. The lowest BCUT2D eigenvalue weighted by atomic mass is 9.49. The van der Waals surface area contributed by atoms with E-state index in [0.717, 1.165) is 28.1 Å². The van der Waals surface area contributed by atoms with Crippen LogP contribution < -0.4 is 11.2 Å². The highest BCUT2D eigenvalue weighted by Crippen LogP contribution is 2.57. The number of hydrogen-bond acceptors (Lipinski definition) is 1. The van der Waals surface area contributed by atoms with E-state index in [0.29, 0.717) is 17.7 Å². The van der Waals surface area contributed by atoms with Gasteiger partial charge in [-0.15, -0.1) is 0 Å². The molecule has 0 heterocycles. The molecule has 4 atom stereocenters. The van der Waals surface area contributed by atoms with Gasteiger partial charge in [0.25, 0.3) is 0 Å². The predicted molar refractivity (Wildman–Crippen MR) is 168 cm³/mol. The van der Waals surface area contributed by atoms with E-state index in [1.54, 1.807) is 0 Å². The van der Waals surface area contributed by atoms with E-state index < -0.39 is 0 Å². The second-order valence-electron chi connectivity index (χ2n) is 11.7. The number of hydrogen-bond donors (Lipinski definition) is 2. The fourth-order valence-corrected chi connectivity index (χ4v) is 7.59. The molecule has 3 nitrogen and oxygen atoms in total. The molecule has 2 radical (unpaired) electrons. The van der Waals surface area contributed by atoms with Gasteiger partial charge in [-0.05, 0) is 59.3 Å². The minimum absolute atomic E-state index is 0.0150. The first-order valence-electron chi connectivity index (χ1n) is 14.5. The number of fused-ring (bicyclic) bond motifs is 2. The summed E-state index contributed by atoms with van der Waals surface area (Å²) in [6.45, 7) is 2.47. The van der Waals surface area contributed by atoms with Crippen LogP contribution in [0.2, 0.25) is 0 Å². The van der Waals surface area contributed by atoms with Crippen LogP contribution >= 0.6 is 0 Å². The van der Waals surface area contributed by atoms with Crippen molar-refractivity contribution in [3.05, 3.63) is 125 Å². The maximum absolute atomic E-state index is 8.26. The lowest BCUT2D eigenvalue weighted by Crippen LogP contribution is -2.49. The zero-order valence-corrected chi connectivity index (χ0v) is 23.2. The van der Waals surface area contributed by atoms with Crippen LogP contribution in [0.3, 0.4) is 0 Å². The van der Waals surface area contributed by atoms with Crippen molar-refractivity contribution in [3.63, 3.8) is 0 Å². The van der Waals surface area contributed by atoms with Crippen molar-refractivity contribution in [1.82, 2.24) is 0 Å². The van der Waals surface area contributed by atoms with Crippen LogP contribution in [-0.2, 0) is 5.41 Å². The summed E-state index contributed by atoms with van der Waals surface area (Å²) in [5.41, 5.74) is 13.8. The first-order valence-corrected chi connectivity index (χ1v) is 14.5. The Morgan fingerprint density at radius 1 is 0.775 bits per heavy atom. The summed E-state index contributed by atoms with van der Waals surface area (Å²) in [5.74, 6) is 2.59. The van der Waals surface area contributed by atoms with Crippen molar-refractivity contribution in [3.8, 4) is 11.1 Å². The Balaban J connectivity index is 1.29. The number of amidine groups is 2. The largest absolute Gasteiger partial charge is 0.383 e. The average molecular weight is 522 g/mol. The van der Waals surface area contributed by atoms with Gasteiger partial charge in [0.2, 0.25) is 0 Å². The fourth-order valence-electron chi connectivity index (χ4n) is 7.59. The molecular weight excluding hydrogens is 485 g/mol. The number of nitrogens with two attached hydrogens (primary N) is 1. The van der Waals surface area contributed by atoms with Gasteiger partial charge in [-0.25, -0.2) is 4.99 Å². The molecule has 6 rings (SSSR count). The smallest absolute Gasteiger partial charge is 0.154 e. The van der Waals surface area contributed by atoms with E-state index in [-0.39, 0.29) is 11.3 Å². The Labute approximate surface area is 239 Å². The van der Waals surface area contributed by atoms with Gasteiger partial charge in [-0.3, -0.25) is 5.41 Å². The van der Waals surface area contributed by atoms with Gasteiger partial charge in [0, 0.05) is 16.5 Å². The Bertz CT molecular complexity index is 1510. The molecule has 4 aromatic carbocycles. The van der Waals surface area contributed by atoms with E-state index in [4.69, 9.17) is 19.0 Å². The molecule has 0 spiro atoms. The van der Waals surface area contributed by atoms with Crippen LogP contribution in [0.5, 0.6) is 0 Å². The molecule has 198 valence electrons. The molecule has 4 heteroatoms. The Morgan fingerprint density at radius 3 is 2.02 bits per heavy atom. The molecule has 0 amide bonds. The van der Waals surface area contributed by atoms with Crippen LogP contribution in [0, 0.1) is 23.2 Å². The molecule has 3 N–H and O–H groups in total. The van der Waals surface area contributed by atoms with Crippen LogP contribution in [-0.4, -0.2) is 19.5 Å². The molecule has 2 fully saturated rings. The molecule has 0 aromatic heterocycles. The molecule has 2 bridgehead atoms. The molecule has 0 saturated heterocycles. The summed E-state index contributed by atoms with van der Waals surface area (Å²) in [5, 5.41) is 8.26. The van der Waals surface area contributed by atoms with Gasteiger partial charge >= 0.3 is 0 Å². The molecular formula is C36H36BN3. The van der Waals surface area contributed by atoms with Crippen molar-refractivity contribution in [2.75, 3.05) is 0 Å². The second kappa shape index (κ2) is 10.9. The highest BCUT2D eigenvalue weighted by atomic mass is 14.9. The van der Waals surface area contributed by atoms with Crippen molar-refractivity contribution in [2.45, 2.75) is 44.4 Å². The Hall–Kier alpha value is -3.92. The minimum atomic E-state index is 0.0150. The first kappa shape index (κ1) is 26.3. The summed E-state index contributed by atoms with van der Waals surface area (Å²) in [4.78, 5) is 4.33. The van der Waals surface area contributed by atoms with Gasteiger partial charge in [0.15, 0.2) is 5.84 Å². The SMILES string of the molecule is [B]c1ccc(C2(c3ccc(-c4ccc(C(N)=NC(=N)c5ccccc5)cc4)cc3)C(C)CC3CCCC2C3)cc1. The van der Waals surface area contributed by atoms with Gasteiger partial charge in [-0.1, -0.05) is 128 Å². The maximum atomic E-state index is 8.26. The molecule has 2 saturated carbocycles. The van der Waals surface area contributed by atoms with Crippen LogP contribution in [0.25, 0.3) is 11.1 Å². The van der Waals surface area contributed by atoms with Crippen LogP contribution in [0.4, 0.5) is 0 Å². The average Bonchev–Trinajstić information content (AvgIpc) is 2.99. The van der Waals surface area contributed by atoms with Crippen LogP contribution in [0.1, 0.15) is 61.3 Å². The number of nitrogens with one attached hydrogen (secondary N) is 1. The maximum Gasteiger partial charge on any atom is 0.154 e.